The standard InChI is InChI=1S/C19H29N3O3/c1-4-20-19(22-7-5-16(23)6-8-22)21-12-15-11-18-14(9-13(2)25-18)10-17(15)24-3/h10-11,13,16,23H,4-9,12H2,1-3H3,(H,20,21). The maximum Gasteiger partial charge on any atom is 0.194 e. The fraction of sp³-hybridized carbons (Fsp3) is 0.632. The molecular weight excluding hydrogens is 318 g/mol. The van der Waals surface area contributed by atoms with E-state index in [0.717, 1.165) is 61.9 Å². The normalized spacial score (nSPS) is 21.0. The Morgan fingerprint density at radius 3 is 2.84 bits per heavy atom. The number of benzene rings is 1. The Hall–Kier alpha value is -1.95. The topological polar surface area (TPSA) is 66.3 Å². The summed E-state index contributed by atoms with van der Waals surface area (Å²) in [4.78, 5) is 7.02. The summed E-state index contributed by atoms with van der Waals surface area (Å²) in [5.74, 6) is 2.71. The van der Waals surface area contributed by atoms with Crippen molar-refractivity contribution in [1.29, 1.82) is 0 Å². The molecule has 2 aliphatic rings. The lowest BCUT2D eigenvalue weighted by atomic mass is 10.1. The number of piperidine rings is 1. The van der Waals surface area contributed by atoms with Gasteiger partial charge in [0.1, 0.15) is 17.6 Å². The van der Waals surface area contributed by atoms with Crippen LogP contribution in [0.3, 0.4) is 0 Å². The Labute approximate surface area is 149 Å². The second-order valence-electron chi connectivity index (χ2n) is 6.79. The first kappa shape index (κ1) is 17.9. The third kappa shape index (κ3) is 4.18. The maximum atomic E-state index is 9.71. The molecule has 2 heterocycles. The van der Waals surface area contributed by atoms with Gasteiger partial charge >= 0.3 is 0 Å². The first-order valence-corrected chi connectivity index (χ1v) is 9.18. The van der Waals surface area contributed by atoms with Crippen molar-refractivity contribution in [3.8, 4) is 11.5 Å². The minimum Gasteiger partial charge on any atom is -0.496 e. The number of likely N-dealkylation sites (tertiary alicyclic amines) is 1. The number of hydrogen-bond acceptors (Lipinski definition) is 4. The Balaban J connectivity index is 1.77. The Bertz CT molecular complexity index is 625. The molecule has 0 amide bonds. The van der Waals surface area contributed by atoms with Crippen LogP contribution in [-0.4, -0.2) is 54.9 Å². The molecule has 0 aliphatic carbocycles. The Kier molecular flexibility index (Phi) is 5.68. The molecule has 0 bridgehead atoms. The van der Waals surface area contributed by atoms with Gasteiger partial charge in [-0.15, -0.1) is 0 Å². The van der Waals surface area contributed by atoms with Gasteiger partial charge in [-0.25, -0.2) is 4.99 Å². The van der Waals surface area contributed by atoms with E-state index in [0.29, 0.717) is 6.54 Å². The molecule has 0 saturated carbocycles. The fourth-order valence-corrected chi connectivity index (χ4v) is 3.46. The van der Waals surface area contributed by atoms with Gasteiger partial charge in [0, 0.05) is 37.2 Å². The molecule has 0 spiro atoms. The number of aliphatic imine (C=N–C) groups is 1. The number of nitrogens with one attached hydrogen (secondary N) is 1. The summed E-state index contributed by atoms with van der Waals surface area (Å²) >= 11 is 0. The number of fused-ring (bicyclic) bond motifs is 1. The highest BCUT2D eigenvalue weighted by molar-refractivity contribution is 5.80. The smallest absolute Gasteiger partial charge is 0.194 e. The zero-order valence-electron chi connectivity index (χ0n) is 15.4. The molecule has 1 saturated heterocycles. The molecule has 1 atom stereocenters. The average molecular weight is 347 g/mol. The summed E-state index contributed by atoms with van der Waals surface area (Å²) in [5.41, 5.74) is 2.23. The Morgan fingerprint density at radius 2 is 2.16 bits per heavy atom. The van der Waals surface area contributed by atoms with E-state index in [2.05, 4.69) is 36.2 Å². The zero-order chi connectivity index (χ0) is 17.8. The molecule has 1 unspecified atom stereocenters. The largest absolute Gasteiger partial charge is 0.496 e. The lowest BCUT2D eigenvalue weighted by Crippen LogP contribution is -2.46. The molecule has 2 aliphatic heterocycles. The number of aliphatic hydroxyl groups is 1. The number of ether oxygens (including phenoxy) is 2. The summed E-state index contributed by atoms with van der Waals surface area (Å²) in [6.07, 6.45) is 2.54. The van der Waals surface area contributed by atoms with Gasteiger partial charge in [0.2, 0.25) is 0 Å². The van der Waals surface area contributed by atoms with E-state index >= 15 is 0 Å². The number of nitrogens with zero attached hydrogens (tertiary/aromatic N) is 2. The molecule has 25 heavy (non-hydrogen) atoms. The van der Waals surface area contributed by atoms with E-state index in [9.17, 15) is 5.11 Å². The summed E-state index contributed by atoms with van der Waals surface area (Å²) in [6.45, 7) is 7.16. The summed E-state index contributed by atoms with van der Waals surface area (Å²) in [6, 6.07) is 4.14. The van der Waals surface area contributed by atoms with Gasteiger partial charge in [-0.1, -0.05) is 0 Å². The van der Waals surface area contributed by atoms with Crippen molar-refractivity contribution >= 4 is 5.96 Å². The van der Waals surface area contributed by atoms with Gasteiger partial charge in [0.15, 0.2) is 5.96 Å². The van der Waals surface area contributed by atoms with Crippen molar-refractivity contribution in [2.75, 3.05) is 26.7 Å². The second-order valence-corrected chi connectivity index (χ2v) is 6.79. The van der Waals surface area contributed by atoms with Crippen LogP contribution in [0.1, 0.15) is 37.8 Å². The highest BCUT2D eigenvalue weighted by Gasteiger charge is 2.22. The van der Waals surface area contributed by atoms with Crippen molar-refractivity contribution in [2.45, 2.75) is 51.9 Å². The number of hydrogen-bond donors (Lipinski definition) is 2. The van der Waals surface area contributed by atoms with E-state index in [-0.39, 0.29) is 12.2 Å². The number of guanidine groups is 1. The molecule has 138 valence electrons. The predicted molar refractivity (Wildman–Crippen MR) is 98.4 cm³/mol. The zero-order valence-corrected chi connectivity index (χ0v) is 15.4. The SMILES string of the molecule is CCNC(=NCc1cc2c(cc1OC)CC(C)O2)N1CCC(O)CC1. The van der Waals surface area contributed by atoms with Crippen LogP contribution in [0.25, 0.3) is 0 Å². The van der Waals surface area contributed by atoms with Crippen molar-refractivity contribution < 1.29 is 14.6 Å². The third-order valence-corrected chi connectivity index (χ3v) is 4.80. The van der Waals surface area contributed by atoms with E-state index in [4.69, 9.17) is 14.5 Å². The molecule has 1 aromatic carbocycles. The van der Waals surface area contributed by atoms with Gasteiger partial charge in [0.25, 0.3) is 0 Å². The van der Waals surface area contributed by atoms with Gasteiger partial charge in [-0.05, 0) is 38.8 Å². The molecule has 3 rings (SSSR count). The predicted octanol–water partition coefficient (Wildman–Crippen LogP) is 1.94. The molecular formula is C19H29N3O3. The molecule has 1 fully saturated rings. The van der Waals surface area contributed by atoms with Crippen LogP contribution in [0, 0.1) is 0 Å². The second kappa shape index (κ2) is 7.95. The van der Waals surface area contributed by atoms with Crippen LogP contribution in [0.4, 0.5) is 0 Å². The highest BCUT2D eigenvalue weighted by atomic mass is 16.5. The monoisotopic (exact) mass is 347 g/mol. The van der Waals surface area contributed by atoms with Crippen molar-refractivity contribution in [3.05, 3.63) is 23.3 Å². The number of rotatable bonds is 4. The Morgan fingerprint density at radius 1 is 1.40 bits per heavy atom. The molecule has 1 aromatic rings. The lowest BCUT2D eigenvalue weighted by Gasteiger charge is -2.32. The van der Waals surface area contributed by atoms with Crippen molar-refractivity contribution in [2.24, 2.45) is 4.99 Å². The number of methoxy groups -OCH3 is 1. The molecule has 6 nitrogen and oxygen atoms in total. The van der Waals surface area contributed by atoms with E-state index < -0.39 is 0 Å². The van der Waals surface area contributed by atoms with Gasteiger partial charge in [-0.2, -0.15) is 0 Å². The van der Waals surface area contributed by atoms with Gasteiger partial charge in [0.05, 0.1) is 19.8 Å². The van der Waals surface area contributed by atoms with Crippen LogP contribution >= 0.6 is 0 Å². The number of aliphatic hydroxyl groups excluding tert-OH is 1. The van der Waals surface area contributed by atoms with Crippen LogP contribution in [0.2, 0.25) is 0 Å². The lowest BCUT2D eigenvalue weighted by molar-refractivity contribution is 0.108. The van der Waals surface area contributed by atoms with Crippen molar-refractivity contribution in [3.63, 3.8) is 0 Å². The minimum absolute atomic E-state index is 0.185. The molecule has 2 N–H and O–H groups in total. The van der Waals surface area contributed by atoms with Crippen LogP contribution in [0.5, 0.6) is 11.5 Å². The van der Waals surface area contributed by atoms with Crippen LogP contribution < -0.4 is 14.8 Å². The quantitative estimate of drug-likeness (QED) is 0.644. The molecule has 0 aromatic heterocycles. The summed E-state index contributed by atoms with van der Waals surface area (Å²) < 4.78 is 11.4. The highest BCUT2D eigenvalue weighted by Crippen LogP contribution is 2.35. The first-order valence-electron chi connectivity index (χ1n) is 9.18. The summed E-state index contributed by atoms with van der Waals surface area (Å²) in [7, 11) is 1.70. The first-order chi connectivity index (χ1) is 12.1. The fourth-order valence-electron chi connectivity index (χ4n) is 3.46. The minimum atomic E-state index is -0.185. The van der Waals surface area contributed by atoms with E-state index in [1.54, 1.807) is 7.11 Å². The van der Waals surface area contributed by atoms with Crippen molar-refractivity contribution in [1.82, 2.24) is 10.2 Å². The van der Waals surface area contributed by atoms with Gasteiger partial charge in [-0.3, -0.25) is 0 Å². The van der Waals surface area contributed by atoms with Crippen LogP contribution in [0.15, 0.2) is 17.1 Å². The average Bonchev–Trinajstić information content (AvgIpc) is 2.97. The summed E-state index contributed by atoms with van der Waals surface area (Å²) in [5, 5.41) is 13.1. The van der Waals surface area contributed by atoms with E-state index in [1.807, 2.05) is 0 Å². The maximum absolute atomic E-state index is 9.71. The van der Waals surface area contributed by atoms with Gasteiger partial charge < -0.3 is 24.8 Å². The van der Waals surface area contributed by atoms with Crippen LogP contribution in [-0.2, 0) is 13.0 Å². The van der Waals surface area contributed by atoms with E-state index in [1.165, 1.54) is 5.56 Å². The third-order valence-electron chi connectivity index (χ3n) is 4.80. The molecule has 6 heteroatoms. The molecule has 0 radical (unpaired) electrons.